The molecule has 1 unspecified atom stereocenters. The third-order valence-electron chi connectivity index (χ3n) is 5.08. The quantitative estimate of drug-likeness (QED) is 0.338. The Bertz CT molecular complexity index is 702. The van der Waals surface area contributed by atoms with Crippen molar-refractivity contribution in [1.29, 1.82) is 0 Å². The van der Waals surface area contributed by atoms with Gasteiger partial charge < -0.3 is 9.47 Å². The number of nitro benzene ring substituents is 1. The standard InChI is InChI=1S/C21H32N2O6/c1-6-21(5,13-12-18(24)28-7-2)14-20(3,4)15-22-19(25)29-17-10-8-16(9-11-17)23(26)27/h8-11H,6-7,12-15H2,1-5H3,(H,22,25)/p+1. The van der Waals surface area contributed by atoms with Crippen molar-refractivity contribution in [3.05, 3.63) is 34.4 Å². The minimum absolute atomic E-state index is 0.0353. The summed E-state index contributed by atoms with van der Waals surface area (Å²) < 4.78 is 10.3. The number of esters is 1. The van der Waals surface area contributed by atoms with Crippen LogP contribution in [0.4, 0.5) is 10.5 Å². The number of non-ortho nitro benzene ring substituents is 1. The Labute approximate surface area is 172 Å². The van der Waals surface area contributed by atoms with E-state index in [1.54, 1.807) is 6.92 Å². The molecule has 1 aromatic carbocycles. The van der Waals surface area contributed by atoms with Crippen molar-refractivity contribution in [2.45, 2.75) is 60.3 Å². The Kier molecular flexibility index (Phi) is 9.23. The molecular weight excluding hydrogens is 376 g/mol. The minimum Gasteiger partial charge on any atom is -0.466 e. The van der Waals surface area contributed by atoms with Gasteiger partial charge in [0.05, 0.1) is 18.1 Å². The number of rotatable bonds is 11. The molecule has 8 nitrogen and oxygen atoms in total. The van der Waals surface area contributed by atoms with Crippen molar-refractivity contribution in [2.24, 2.45) is 10.8 Å². The molecule has 0 spiro atoms. The molecule has 1 aromatic rings. The number of hydrogen-bond donors (Lipinski definition) is 1. The molecule has 1 amide bonds. The van der Waals surface area contributed by atoms with E-state index in [0.717, 1.165) is 19.3 Å². The summed E-state index contributed by atoms with van der Waals surface area (Å²) in [5.74, 6) is 0.0886. The zero-order valence-electron chi connectivity index (χ0n) is 18.0. The van der Waals surface area contributed by atoms with E-state index < -0.39 is 11.0 Å². The first kappa shape index (κ1) is 24.6. The maximum absolute atomic E-state index is 12.1. The van der Waals surface area contributed by atoms with Gasteiger partial charge in [0.1, 0.15) is 5.75 Å². The van der Waals surface area contributed by atoms with Crippen LogP contribution in [0.1, 0.15) is 60.3 Å². The number of nitro groups is 1. The maximum atomic E-state index is 12.1. The summed E-state index contributed by atoms with van der Waals surface area (Å²) in [6.45, 7) is 11.1. The first-order valence-electron chi connectivity index (χ1n) is 9.95. The van der Waals surface area contributed by atoms with E-state index in [1.165, 1.54) is 29.6 Å². The van der Waals surface area contributed by atoms with E-state index in [0.29, 0.717) is 19.6 Å². The maximum Gasteiger partial charge on any atom is 0.518 e. The highest BCUT2D eigenvalue weighted by molar-refractivity contribution is 5.69. The number of carbonyl (C=O) groups is 2. The summed E-state index contributed by atoms with van der Waals surface area (Å²) in [5, 5.41) is 12.2. The summed E-state index contributed by atoms with van der Waals surface area (Å²) >= 11 is 0. The molecule has 29 heavy (non-hydrogen) atoms. The number of amides is 1. The van der Waals surface area contributed by atoms with E-state index in [9.17, 15) is 19.7 Å². The SMILES string of the molecule is CCOC(=O)CCC(C)(CC)CC(C)(C)C[NH2+]C(=O)Oc1ccc([N+](=O)[O-])cc1. The van der Waals surface area contributed by atoms with Crippen LogP contribution in [0.2, 0.25) is 0 Å². The molecule has 162 valence electrons. The summed E-state index contributed by atoms with van der Waals surface area (Å²) in [7, 11) is 0. The zero-order valence-corrected chi connectivity index (χ0v) is 18.0. The number of carbonyl (C=O) groups excluding carboxylic acids is 2. The monoisotopic (exact) mass is 409 g/mol. The highest BCUT2D eigenvalue weighted by atomic mass is 16.6. The van der Waals surface area contributed by atoms with Gasteiger partial charge in [-0.15, -0.1) is 0 Å². The van der Waals surface area contributed by atoms with Crippen LogP contribution in [0, 0.1) is 20.9 Å². The van der Waals surface area contributed by atoms with Crippen molar-refractivity contribution >= 4 is 17.7 Å². The zero-order chi connectivity index (χ0) is 22.1. The second kappa shape index (κ2) is 10.9. The highest BCUT2D eigenvalue weighted by Crippen LogP contribution is 2.39. The second-order valence-corrected chi connectivity index (χ2v) is 8.39. The van der Waals surface area contributed by atoms with Gasteiger partial charge >= 0.3 is 12.1 Å². The Morgan fingerprint density at radius 3 is 2.28 bits per heavy atom. The smallest absolute Gasteiger partial charge is 0.466 e. The number of nitrogens with zero attached hydrogens (tertiary/aromatic N) is 1. The average Bonchev–Trinajstić information content (AvgIpc) is 2.65. The summed E-state index contributed by atoms with van der Waals surface area (Å²) in [4.78, 5) is 34.0. The van der Waals surface area contributed by atoms with Crippen molar-refractivity contribution in [1.82, 2.24) is 0 Å². The predicted octanol–water partition coefficient (Wildman–Crippen LogP) is 3.83. The van der Waals surface area contributed by atoms with Gasteiger partial charge in [-0.3, -0.25) is 14.9 Å². The topological polar surface area (TPSA) is 112 Å². The number of primary amides is 1. The molecule has 0 heterocycles. The minimum atomic E-state index is -0.507. The predicted molar refractivity (Wildman–Crippen MR) is 109 cm³/mol. The molecule has 0 aliphatic heterocycles. The molecule has 8 heteroatoms. The Hall–Kier alpha value is -2.48. The van der Waals surface area contributed by atoms with Crippen LogP contribution in [-0.4, -0.2) is 30.1 Å². The summed E-state index contributed by atoms with van der Waals surface area (Å²) in [6.07, 6.45) is 2.40. The van der Waals surface area contributed by atoms with Gasteiger partial charge in [0.2, 0.25) is 0 Å². The number of ether oxygens (including phenoxy) is 2. The molecular formula is C21H33N2O6+. The van der Waals surface area contributed by atoms with Gasteiger partial charge in [0.25, 0.3) is 5.69 Å². The summed E-state index contributed by atoms with van der Waals surface area (Å²) in [5.41, 5.74) is -0.253. The highest BCUT2D eigenvalue weighted by Gasteiger charge is 2.33. The van der Waals surface area contributed by atoms with Crippen LogP contribution in [0.5, 0.6) is 5.75 Å². The molecule has 0 saturated heterocycles. The van der Waals surface area contributed by atoms with Crippen molar-refractivity contribution in [3.63, 3.8) is 0 Å². The normalized spacial score (nSPS) is 13.4. The molecule has 0 fully saturated rings. The third kappa shape index (κ3) is 9.04. The lowest BCUT2D eigenvalue weighted by Gasteiger charge is -2.35. The van der Waals surface area contributed by atoms with Gasteiger partial charge in [-0.05, 0) is 37.3 Å². The van der Waals surface area contributed by atoms with Gasteiger partial charge in [0, 0.05) is 24.0 Å². The summed E-state index contributed by atoms with van der Waals surface area (Å²) in [6, 6.07) is 5.39. The first-order chi connectivity index (χ1) is 13.5. The van der Waals surface area contributed by atoms with Crippen LogP contribution in [0.3, 0.4) is 0 Å². The fraction of sp³-hybridized carbons (Fsp3) is 0.619. The lowest BCUT2D eigenvalue weighted by atomic mass is 9.70. The first-order valence-corrected chi connectivity index (χ1v) is 9.95. The Balaban J connectivity index is 2.55. The number of hydrogen-bond acceptors (Lipinski definition) is 6. The van der Waals surface area contributed by atoms with Crippen molar-refractivity contribution in [3.8, 4) is 5.75 Å². The van der Waals surface area contributed by atoms with E-state index in [1.807, 2.05) is 0 Å². The molecule has 0 aliphatic carbocycles. The lowest BCUT2D eigenvalue weighted by Crippen LogP contribution is -2.91. The van der Waals surface area contributed by atoms with E-state index in [-0.39, 0.29) is 28.2 Å². The van der Waals surface area contributed by atoms with Crippen LogP contribution >= 0.6 is 0 Å². The molecule has 0 radical (unpaired) electrons. The Morgan fingerprint density at radius 1 is 1.14 bits per heavy atom. The Morgan fingerprint density at radius 2 is 1.76 bits per heavy atom. The van der Waals surface area contributed by atoms with E-state index in [4.69, 9.17) is 9.47 Å². The largest absolute Gasteiger partial charge is 0.518 e. The van der Waals surface area contributed by atoms with Gasteiger partial charge in [-0.2, -0.15) is 4.79 Å². The van der Waals surface area contributed by atoms with Crippen molar-refractivity contribution in [2.75, 3.05) is 13.2 Å². The number of benzene rings is 1. The van der Waals surface area contributed by atoms with Gasteiger partial charge in [-0.25, -0.2) is 5.32 Å². The van der Waals surface area contributed by atoms with Gasteiger partial charge in [0.15, 0.2) is 0 Å². The lowest BCUT2D eigenvalue weighted by molar-refractivity contribution is -0.580. The van der Waals surface area contributed by atoms with Gasteiger partial charge in [-0.1, -0.05) is 34.1 Å². The van der Waals surface area contributed by atoms with Crippen LogP contribution < -0.4 is 10.1 Å². The van der Waals surface area contributed by atoms with Crippen LogP contribution in [0.25, 0.3) is 0 Å². The number of nitrogens with two attached hydrogens (primary N) is 1. The molecule has 0 saturated carbocycles. The number of quaternary nitrogens is 1. The van der Waals surface area contributed by atoms with E-state index in [2.05, 4.69) is 27.7 Å². The molecule has 1 atom stereocenters. The molecule has 0 bridgehead atoms. The second-order valence-electron chi connectivity index (χ2n) is 8.39. The van der Waals surface area contributed by atoms with E-state index >= 15 is 0 Å². The fourth-order valence-electron chi connectivity index (χ4n) is 3.41. The van der Waals surface area contributed by atoms with Crippen LogP contribution in [-0.2, 0) is 9.53 Å². The third-order valence-corrected chi connectivity index (χ3v) is 5.08. The molecule has 0 aliphatic rings. The molecule has 1 rings (SSSR count). The fourth-order valence-corrected chi connectivity index (χ4v) is 3.41. The average molecular weight is 410 g/mol. The molecule has 0 aromatic heterocycles. The van der Waals surface area contributed by atoms with Crippen molar-refractivity contribution < 1.29 is 29.3 Å². The van der Waals surface area contributed by atoms with Crippen LogP contribution in [0.15, 0.2) is 24.3 Å². The molecule has 2 N–H and O–H groups in total.